The highest BCUT2D eigenvalue weighted by Gasteiger charge is 2.22. The minimum atomic E-state index is -0.0528. The molecule has 0 aliphatic rings. The average molecular weight is 377 g/mol. The Hall–Kier alpha value is -0.550. The molecule has 6 heteroatoms. The second-order valence-corrected chi connectivity index (χ2v) is 6.25. The standard InChI is InChI=1S/C14H16BrCl2N3/c1-3-6-18-13(14-12(17)8-19-20(14)2)10-7-9(16)4-5-11(10)15/h4-5,7-8,13,18H,3,6H2,1-2H3. The van der Waals surface area contributed by atoms with Crippen molar-refractivity contribution in [2.75, 3.05) is 6.54 Å². The lowest BCUT2D eigenvalue weighted by Crippen LogP contribution is -2.26. The third-order valence-electron chi connectivity index (χ3n) is 3.08. The van der Waals surface area contributed by atoms with E-state index < -0.39 is 0 Å². The third-order valence-corrected chi connectivity index (χ3v) is 4.33. The van der Waals surface area contributed by atoms with Gasteiger partial charge in [0, 0.05) is 16.5 Å². The van der Waals surface area contributed by atoms with Crippen LogP contribution >= 0.6 is 39.1 Å². The number of hydrogen-bond acceptors (Lipinski definition) is 2. The van der Waals surface area contributed by atoms with Crippen LogP contribution < -0.4 is 5.32 Å². The summed E-state index contributed by atoms with van der Waals surface area (Å²) < 4.78 is 2.79. The first-order valence-electron chi connectivity index (χ1n) is 6.40. The van der Waals surface area contributed by atoms with Crippen LogP contribution in [0.2, 0.25) is 10.0 Å². The molecule has 0 saturated carbocycles. The zero-order valence-electron chi connectivity index (χ0n) is 11.3. The molecule has 2 rings (SSSR count). The predicted octanol–water partition coefficient (Wildman–Crippen LogP) is 4.58. The van der Waals surface area contributed by atoms with Crippen LogP contribution in [0.15, 0.2) is 28.9 Å². The largest absolute Gasteiger partial charge is 0.305 e. The molecule has 0 saturated heterocycles. The Labute approximate surface area is 137 Å². The summed E-state index contributed by atoms with van der Waals surface area (Å²) in [6.45, 7) is 3.01. The molecular weight excluding hydrogens is 361 g/mol. The van der Waals surface area contributed by atoms with Crippen molar-refractivity contribution in [3.63, 3.8) is 0 Å². The van der Waals surface area contributed by atoms with Crippen LogP contribution in [0.4, 0.5) is 0 Å². The molecule has 0 aliphatic carbocycles. The van der Waals surface area contributed by atoms with Crippen molar-refractivity contribution < 1.29 is 0 Å². The van der Waals surface area contributed by atoms with Crippen LogP contribution in [0.3, 0.4) is 0 Å². The molecule has 1 aromatic heterocycles. The minimum absolute atomic E-state index is 0.0528. The minimum Gasteiger partial charge on any atom is -0.305 e. The van der Waals surface area contributed by atoms with E-state index in [-0.39, 0.29) is 6.04 Å². The van der Waals surface area contributed by atoms with Gasteiger partial charge >= 0.3 is 0 Å². The molecule has 2 aromatic rings. The van der Waals surface area contributed by atoms with Gasteiger partial charge in [0.15, 0.2) is 0 Å². The average Bonchev–Trinajstić information content (AvgIpc) is 2.74. The third kappa shape index (κ3) is 3.37. The van der Waals surface area contributed by atoms with Crippen molar-refractivity contribution in [2.45, 2.75) is 19.4 Å². The molecule has 3 nitrogen and oxygen atoms in total. The van der Waals surface area contributed by atoms with Crippen LogP contribution in [0.5, 0.6) is 0 Å². The highest BCUT2D eigenvalue weighted by molar-refractivity contribution is 9.10. The van der Waals surface area contributed by atoms with Crippen molar-refractivity contribution in [1.29, 1.82) is 0 Å². The Kier molecular flexibility index (Phi) is 5.49. The molecule has 0 radical (unpaired) electrons. The molecule has 1 unspecified atom stereocenters. The summed E-state index contributed by atoms with van der Waals surface area (Å²) in [4.78, 5) is 0. The number of benzene rings is 1. The van der Waals surface area contributed by atoms with Crippen molar-refractivity contribution in [3.8, 4) is 0 Å². The van der Waals surface area contributed by atoms with Crippen molar-refractivity contribution >= 4 is 39.1 Å². The second-order valence-electron chi connectivity index (χ2n) is 4.55. The molecular formula is C14H16BrCl2N3. The number of nitrogens with zero attached hydrogens (tertiary/aromatic N) is 2. The van der Waals surface area contributed by atoms with Gasteiger partial charge in [-0.2, -0.15) is 5.10 Å². The van der Waals surface area contributed by atoms with Crippen LogP contribution in [0.1, 0.15) is 30.6 Å². The van der Waals surface area contributed by atoms with Gasteiger partial charge in [0.1, 0.15) is 0 Å². The maximum atomic E-state index is 6.29. The summed E-state index contributed by atoms with van der Waals surface area (Å²) in [7, 11) is 1.89. The lowest BCUT2D eigenvalue weighted by molar-refractivity contribution is 0.552. The highest BCUT2D eigenvalue weighted by Crippen LogP contribution is 2.33. The molecule has 1 aromatic carbocycles. The lowest BCUT2D eigenvalue weighted by atomic mass is 10.0. The van der Waals surface area contributed by atoms with E-state index in [0.29, 0.717) is 10.0 Å². The van der Waals surface area contributed by atoms with Crippen LogP contribution in [0.25, 0.3) is 0 Å². The molecule has 0 amide bonds. The maximum absolute atomic E-state index is 6.29. The Morgan fingerprint density at radius 3 is 2.75 bits per heavy atom. The molecule has 0 aliphatic heterocycles. The Morgan fingerprint density at radius 1 is 1.40 bits per heavy atom. The monoisotopic (exact) mass is 375 g/mol. The lowest BCUT2D eigenvalue weighted by Gasteiger charge is -2.21. The second kappa shape index (κ2) is 6.94. The normalized spacial score (nSPS) is 12.7. The Morgan fingerprint density at radius 2 is 2.15 bits per heavy atom. The van der Waals surface area contributed by atoms with E-state index in [0.717, 1.165) is 28.7 Å². The van der Waals surface area contributed by atoms with Gasteiger partial charge in [-0.05, 0) is 36.7 Å². The van der Waals surface area contributed by atoms with Gasteiger partial charge < -0.3 is 5.32 Å². The SMILES string of the molecule is CCCNC(c1cc(Cl)ccc1Br)c1c(Cl)cnn1C. The van der Waals surface area contributed by atoms with E-state index in [1.54, 1.807) is 10.9 Å². The van der Waals surface area contributed by atoms with Gasteiger partial charge in [0.05, 0.1) is 23.0 Å². The van der Waals surface area contributed by atoms with Crippen LogP contribution in [0, 0.1) is 0 Å². The summed E-state index contributed by atoms with van der Waals surface area (Å²) in [5, 5.41) is 9.07. The number of aryl methyl sites for hydroxylation is 1. The zero-order valence-corrected chi connectivity index (χ0v) is 14.4. The summed E-state index contributed by atoms with van der Waals surface area (Å²) in [6.07, 6.45) is 2.69. The van der Waals surface area contributed by atoms with E-state index in [1.165, 1.54) is 0 Å². The molecule has 108 valence electrons. The van der Waals surface area contributed by atoms with Gasteiger partial charge in [0.2, 0.25) is 0 Å². The fourth-order valence-corrected chi connectivity index (χ4v) is 3.05. The fourth-order valence-electron chi connectivity index (χ4n) is 2.12. The molecule has 1 atom stereocenters. The fraction of sp³-hybridized carbons (Fsp3) is 0.357. The summed E-state index contributed by atoms with van der Waals surface area (Å²) in [6, 6.07) is 5.70. The van der Waals surface area contributed by atoms with E-state index in [9.17, 15) is 0 Å². The zero-order chi connectivity index (χ0) is 14.7. The van der Waals surface area contributed by atoms with E-state index in [1.807, 2.05) is 25.2 Å². The van der Waals surface area contributed by atoms with Gasteiger partial charge in [-0.3, -0.25) is 4.68 Å². The Balaban J connectivity index is 2.50. The number of rotatable bonds is 5. The first-order valence-corrected chi connectivity index (χ1v) is 7.95. The number of halogens is 3. The van der Waals surface area contributed by atoms with Crippen molar-refractivity contribution in [1.82, 2.24) is 15.1 Å². The Bertz CT molecular complexity index is 579. The topological polar surface area (TPSA) is 29.9 Å². The smallest absolute Gasteiger partial charge is 0.0837 e. The van der Waals surface area contributed by atoms with E-state index in [4.69, 9.17) is 23.2 Å². The molecule has 1 heterocycles. The molecule has 0 bridgehead atoms. The van der Waals surface area contributed by atoms with Gasteiger partial charge in [0.25, 0.3) is 0 Å². The molecule has 1 N–H and O–H groups in total. The number of aromatic nitrogens is 2. The predicted molar refractivity (Wildman–Crippen MR) is 87.5 cm³/mol. The maximum Gasteiger partial charge on any atom is 0.0837 e. The summed E-state index contributed by atoms with van der Waals surface area (Å²) >= 11 is 16.0. The van der Waals surface area contributed by atoms with Crippen LogP contribution in [-0.4, -0.2) is 16.3 Å². The quantitative estimate of drug-likeness (QED) is 0.827. The summed E-state index contributed by atoms with van der Waals surface area (Å²) in [5.41, 5.74) is 1.99. The van der Waals surface area contributed by atoms with Crippen molar-refractivity contribution in [3.05, 3.63) is 50.2 Å². The molecule has 0 spiro atoms. The molecule has 0 fully saturated rings. The van der Waals surface area contributed by atoms with E-state index >= 15 is 0 Å². The van der Waals surface area contributed by atoms with Crippen molar-refractivity contribution in [2.24, 2.45) is 7.05 Å². The highest BCUT2D eigenvalue weighted by atomic mass is 79.9. The molecule has 20 heavy (non-hydrogen) atoms. The first kappa shape index (κ1) is 15.8. The van der Waals surface area contributed by atoms with Gasteiger partial charge in [-0.25, -0.2) is 0 Å². The first-order chi connectivity index (χ1) is 9.54. The number of nitrogens with one attached hydrogen (secondary N) is 1. The summed E-state index contributed by atoms with van der Waals surface area (Å²) in [5.74, 6) is 0. The van der Waals surface area contributed by atoms with Gasteiger partial charge in [-0.1, -0.05) is 46.1 Å². The number of hydrogen-bond donors (Lipinski definition) is 1. The van der Waals surface area contributed by atoms with Gasteiger partial charge in [-0.15, -0.1) is 0 Å². The van der Waals surface area contributed by atoms with Crippen LogP contribution in [-0.2, 0) is 7.05 Å². The van der Waals surface area contributed by atoms with E-state index in [2.05, 4.69) is 33.3 Å².